The number of aromatic amines is 1. The van der Waals surface area contributed by atoms with Crippen molar-refractivity contribution in [3.8, 4) is 11.5 Å². The summed E-state index contributed by atoms with van der Waals surface area (Å²) < 4.78 is 12.5. The Balaban J connectivity index is 1.50. The summed E-state index contributed by atoms with van der Waals surface area (Å²) in [6, 6.07) is 19.2. The zero-order chi connectivity index (χ0) is 27.2. The van der Waals surface area contributed by atoms with E-state index in [0.717, 1.165) is 45.8 Å². The number of H-pyrrole nitrogens is 1. The number of fused-ring (bicyclic) bond motifs is 1. The van der Waals surface area contributed by atoms with Crippen LogP contribution in [0.4, 0.5) is 0 Å². The maximum absolute atomic E-state index is 13.2. The molecule has 39 heavy (non-hydrogen) atoms. The van der Waals surface area contributed by atoms with Gasteiger partial charge in [-0.25, -0.2) is 4.68 Å². The molecule has 5 aromatic rings. The molecule has 0 unspecified atom stereocenters. The number of ether oxygens (including phenoxy) is 2. The molecule has 0 fully saturated rings. The summed E-state index contributed by atoms with van der Waals surface area (Å²) in [5.74, 6) is 2.26. The molecule has 5 rings (SSSR count). The second kappa shape index (κ2) is 11.9. The molecular formula is C29H31N7O3. The van der Waals surface area contributed by atoms with Crippen molar-refractivity contribution in [1.29, 1.82) is 0 Å². The van der Waals surface area contributed by atoms with Gasteiger partial charge in [-0.2, -0.15) is 0 Å². The molecule has 3 heterocycles. The van der Waals surface area contributed by atoms with Crippen molar-refractivity contribution in [2.24, 2.45) is 0 Å². The Bertz CT molecular complexity index is 1580. The van der Waals surface area contributed by atoms with Crippen LogP contribution in [0.15, 0.2) is 77.9 Å². The van der Waals surface area contributed by atoms with E-state index in [9.17, 15) is 4.79 Å². The molecule has 3 aromatic heterocycles. The van der Waals surface area contributed by atoms with Gasteiger partial charge in [-0.3, -0.25) is 14.7 Å². The van der Waals surface area contributed by atoms with Gasteiger partial charge >= 0.3 is 0 Å². The van der Waals surface area contributed by atoms with Gasteiger partial charge in [-0.15, -0.1) is 5.10 Å². The quantitative estimate of drug-likeness (QED) is 0.274. The fraction of sp³-hybridized carbons (Fsp3) is 0.276. The first kappa shape index (κ1) is 26.1. The van der Waals surface area contributed by atoms with Gasteiger partial charge < -0.3 is 14.5 Å². The molecule has 10 heteroatoms. The molecule has 0 radical (unpaired) electrons. The molecule has 0 saturated carbocycles. The highest BCUT2D eigenvalue weighted by atomic mass is 16.5. The number of nitrogens with zero attached hydrogens (tertiary/aromatic N) is 6. The van der Waals surface area contributed by atoms with E-state index < -0.39 is 0 Å². The highest BCUT2D eigenvalue weighted by Crippen LogP contribution is 2.27. The molecule has 0 aliphatic heterocycles. The lowest BCUT2D eigenvalue weighted by molar-refractivity contribution is 0.161. The first-order chi connectivity index (χ1) is 19.1. The Morgan fingerprint density at radius 3 is 2.49 bits per heavy atom. The third kappa shape index (κ3) is 5.96. The lowest BCUT2D eigenvalue weighted by atomic mass is 10.1. The number of aromatic nitrogens is 6. The second-order valence-corrected chi connectivity index (χ2v) is 9.31. The van der Waals surface area contributed by atoms with Gasteiger partial charge in [-0.1, -0.05) is 25.1 Å². The Labute approximate surface area is 226 Å². The van der Waals surface area contributed by atoms with Gasteiger partial charge in [0, 0.05) is 41.9 Å². The number of methoxy groups -OCH3 is 2. The second-order valence-electron chi connectivity index (χ2n) is 9.31. The minimum Gasteiger partial charge on any atom is -0.497 e. The van der Waals surface area contributed by atoms with Gasteiger partial charge in [0.05, 0.1) is 26.8 Å². The molecule has 0 aliphatic carbocycles. The first-order valence-corrected chi connectivity index (χ1v) is 12.8. The Morgan fingerprint density at radius 2 is 1.77 bits per heavy atom. The predicted molar refractivity (Wildman–Crippen MR) is 148 cm³/mol. The fourth-order valence-electron chi connectivity index (χ4n) is 4.77. The number of tetrazole rings is 1. The lowest BCUT2D eigenvalue weighted by Gasteiger charge is -2.30. The van der Waals surface area contributed by atoms with Crippen molar-refractivity contribution in [3.63, 3.8) is 0 Å². The minimum absolute atomic E-state index is 0.128. The molecule has 2 aromatic carbocycles. The van der Waals surface area contributed by atoms with Crippen LogP contribution < -0.4 is 15.0 Å². The van der Waals surface area contributed by atoms with Crippen molar-refractivity contribution < 1.29 is 9.47 Å². The van der Waals surface area contributed by atoms with Crippen molar-refractivity contribution in [2.45, 2.75) is 39.0 Å². The maximum Gasteiger partial charge on any atom is 0.252 e. The first-order valence-electron chi connectivity index (χ1n) is 12.8. The minimum atomic E-state index is -0.154. The topological polar surface area (TPSA) is 111 Å². The van der Waals surface area contributed by atoms with Gasteiger partial charge in [0.1, 0.15) is 11.5 Å². The SMILES string of the molecule is CC[C@H](c1nnnn1Cc1ccc(OC)cc1)N(Cc1cccnc1)Cc1cc2cc(OC)ccc2[nH]c1=O. The smallest absolute Gasteiger partial charge is 0.252 e. The Hall–Kier alpha value is -4.57. The number of hydrogen-bond acceptors (Lipinski definition) is 8. The van der Waals surface area contributed by atoms with Gasteiger partial charge in [0.25, 0.3) is 5.56 Å². The summed E-state index contributed by atoms with van der Waals surface area (Å²) in [5, 5.41) is 13.7. The summed E-state index contributed by atoms with van der Waals surface area (Å²) >= 11 is 0. The zero-order valence-corrected chi connectivity index (χ0v) is 22.2. The molecule has 0 saturated heterocycles. The van der Waals surface area contributed by atoms with E-state index in [-0.39, 0.29) is 11.6 Å². The van der Waals surface area contributed by atoms with Crippen LogP contribution >= 0.6 is 0 Å². The van der Waals surface area contributed by atoms with Crippen molar-refractivity contribution in [2.75, 3.05) is 14.2 Å². The van der Waals surface area contributed by atoms with Crippen LogP contribution in [0.25, 0.3) is 10.9 Å². The van der Waals surface area contributed by atoms with E-state index in [1.165, 1.54) is 0 Å². The summed E-state index contributed by atoms with van der Waals surface area (Å²) in [7, 11) is 3.28. The highest BCUT2D eigenvalue weighted by molar-refractivity contribution is 5.80. The number of nitrogens with one attached hydrogen (secondary N) is 1. The zero-order valence-electron chi connectivity index (χ0n) is 22.2. The van der Waals surface area contributed by atoms with Crippen LogP contribution in [-0.2, 0) is 19.6 Å². The van der Waals surface area contributed by atoms with Gasteiger partial charge in [0.15, 0.2) is 5.82 Å². The predicted octanol–water partition coefficient (Wildman–Crippen LogP) is 4.13. The lowest BCUT2D eigenvalue weighted by Crippen LogP contribution is -2.32. The van der Waals surface area contributed by atoms with Crippen molar-refractivity contribution >= 4 is 10.9 Å². The number of rotatable bonds is 11. The molecule has 1 atom stereocenters. The van der Waals surface area contributed by atoms with E-state index in [1.807, 2.05) is 71.5 Å². The van der Waals surface area contributed by atoms with E-state index >= 15 is 0 Å². The van der Waals surface area contributed by atoms with E-state index in [4.69, 9.17) is 9.47 Å². The number of hydrogen-bond donors (Lipinski definition) is 1. The number of pyridine rings is 2. The average Bonchev–Trinajstić information content (AvgIpc) is 3.42. The molecule has 0 bridgehead atoms. The largest absolute Gasteiger partial charge is 0.497 e. The molecule has 10 nitrogen and oxygen atoms in total. The normalized spacial score (nSPS) is 12.1. The van der Waals surface area contributed by atoms with Crippen LogP contribution in [0.1, 0.15) is 41.9 Å². The number of benzene rings is 2. The summed E-state index contributed by atoms with van der Waals surface area (Å²) in [4.78, 5) is 22.7. The van der Waals surface area contributed by atoms with Gasteiger partial charge in [-0.05, 0) is 70.4 Å². The molecular weight excluding hydrogens is 494 g/mol. The monoisotopic (exact) mass is 525 g/mol. The van der Waals surface area contributed by atoms with Crippen molar-refractivity contribution in [1.82, 2.24) is 35.1 Å². The Morgan fingerprint density at radius 1 is 0.974 bits per heavy atom. The van der Waals surface area contributed by atoms with E-state index in [0.29, 0.717) is 25.2 Å². The molecule has 200 valence electrons. The molecule has 0 amide bonds. The fourth-order valence-corrected chi connectivity index (χ4v) is 4.77. The Kier molecular flexibility index (Phi) is 7.93. The third-order valence-electron chi connectivity index (χ3n) is 6.79. The van der Waals surface area contributed by atoms with Crippen LogP contribution in [0, 0.1) is 0 Å². The van der Waals surface area contributed by atoms with Crippen molar-refractivity contribution in [3.05, 3.63) is 106 Å². The van der Waals surface area contributed by atoms with Crippen LogP contribution in [0.5, 0.6) is 11.5 Å². The van der Waals surface area contributed by atoms with Crippen LogP contribution in [0.2, 0.25) is 0 Å². The van der Waals surface area contributed by atoms with Crippen LogP contribution in [0.3, 0.4) is 0 Å². The van der Waals surface area contributed by atoms with E-state index in [2.05, 4.69) is 37.3 Å². The highest BCUT2D eigenvalue weighted by Gasteiger charge is 2.26. The average molecular weight is 526 g/mol. The molecule has 0 aliphatic rings. The standard InChI is InChI=1S/C29H31N7O3/c1-4-27(28-32-33-34-36(28)18-20-7-9-24(38-2)10-8-20)35(17-21-6-5-13-30-16-21)19-23-14-22-15-25(39-3)11-12-26(22)31-29(23)37/h5-16,27H,4,17-19H2,1-3H3,(H,31,37)/t27-/m1/s1. The van der Waals surface area contributed by atoms with E-state index in [1.54, 1.807) is 20.4 Å². The van der Waals surface area contributed by atoms with Gasteiger partial charge in [0.2, 0.25) is 0 Å². The maximum atomic E-state index is 13.2. The third-order valence-corrected chi connectivity index (χ3v) is 6.79. The summed E-state index contributed by atoms with van der Waals surface area (Å²) in [6.07, 6.45) is 4.33. The molecule has 0 spiro atoms. The summed E-state index contributed by atoms with van der Waals surface area (Å²) in [6.45, 7) is 3.57. The summed E-state index contributed by atoms with van der Waals surface area (Å²) in [5.41, 5.74) is 3.37. The van der Waals surface area contributed by atoms with Crippen LogP contribution in [-0.4, -0.2) is 49.3 Å². The molecule has 1 N–H and O–H groups in total.